The molecule has 0 fully saturated rings. The molecule has 0 saturated heterocycles. The zero-order valence-corrected chi connectivity index (χ0v) is 11.6. The summed E-state index contributed by atoms with van der Waals surface area (Å²) < 4.78 is 0. The molecule has 2 rings (SSSR count). The lowest BCUT2D eigenvalue weighted by Crippen LogP contribution is -2.31. The molecular formula is C16H16N2O3. The number of carbonyl (C=O) groups is 2. The number of amides is 1. The molecule has 0 spiro atoms. The average molecular weight is 284 g/mol. The molecule has 5 heteroatoms. The number of carboxylic acid groups (broad SMARTS) is 1. The molecule has 1 amide bonds. The third-order valence-corrected chi connectivity index (χ3v) is 3.10. The van der Waals surface area contributed by atoms with Crippen LogP contribution in [0.4, 0.5) is 0 Å². The lowest BCUT2D eigenvalue weighted by Gasteiger charge is -2.13. The van der Waals surface area contributed by atoms with E-state index in [2.05, 4.69) is 10.3 Å². The molecule has 5 nitrogen and oxygen atoms in total. The summed E-state index contributed by atoms with van der Waals surface area (Å²) in [5, 5.41) is 11.9. The van der Waals surface area contributed by atoms with Gasteiger partial charge < -0.3 is 10.4 Å². The van der Waals surface area contributed by atoms with Gasteiger partial charge in [-0.2, -0.15) is 0 Å². The molecule has 0 aliphatic rings. The second kappa shape index (κ2) is 6.65. The van der Waals surface area contributed by atoms with Crippen LogP contribution in [0.1, 0.15) is 27.4 Å². The minimum atomic E-state index is -0.969. The van der Waals surface area contributed by atoms with Crippen LogP contribution in [0.15, 0.2) is 48.8 Å². The molecule has 1 aromatic heterocycles. The smallest absolute Gasteiger partial charge is 0.312 e. The molecule has 0 saturated carbocycles. The van der Waals surface area contributed by atoms with Gasteiger partial charge in [-0.25, -0.2) is 0 Å². The third kappa shape index (κ3) is 3.89. The van der Waals surface area contributed by atoms with Gasteiger partial charge in [-0.1, -0.05) is 30.3 Å². The van der Waals surface area contributed by atoms with Crippen molar-refractivity contribution in [2.24, 2.45) is 0 Å². The number of aliphatic carboxylic acids is 1. The molecule has 1 aromatic carbocycles. The van der Waals surface area contributed by atoms with Crippen molar-refractivity contribution >= 4 is 11.9 Å². The number of benzene rings is 1. The molecule has 1 atom stereocenters. The van der Waals surface area contributed by atoms with E-state index in [0.717, 1.165) is 5.56 Å². The Morgan fingerprint density at radius 1 is 1.24 bits per heavy atom. The zero-order valence-electron chi connectivity index (χ0n) is 11.6. The van der Waals surface area contributed by atoms with Gasteiger partial charge in [0.15, 0.2) is 0 Å². The first-order valence-electron chi connectivity index (χ1n) is 6.55. The second-order valence-electron chi connectivity index (χ2n) is 4.76. The van der Waals surface area contributed by atoms with E-state index in [-0.39, 0.29) is 12.5 Å². The van der Waals surface area contributed by atoms with Crippen LogP contribution in [-0.2, 0) is 4.79 Å². The Hall–Kier alpha value is -2.69. The lowest BCUT2D eigenvalue weighted by atomic mass is 9.99. The van der Waals surface area contributed by atoms with E-state index in [4.69, 9.17) is 0 Å². The van der Waals surface area contributed by atoms with E-state index in [1.165, 1.54) is 6.20 Å². The fourth-order valence-corrected chi connectivity index (χ4v) is 2.01. The van der Waals surface area contributed by atoms with Gasteiger partial charge in [-0.05, 0) is 24.1 Å². The molecule has 2 aromatic rings. The van der Waals surface area contributed by atoms with E-state index in [1.807, 2.05) is 13.0 Å². The number of nitrogens with zero attached hydrogens (tertiary/aromatic N) is 1. The summed E-state index contributed by atoms with van der Waals surface area (Å²) >= 11 is 0. The van der Waals surface area contributed by atoms with Crippen molar-refractivity contribution in [2.45, 2.75) is 12.8 Å². The Morgan fingerprint density at radius 3 is 2.57 bits per heavy atom. The van der Waals surface area contributed by atoms with Crippen molar-refractivity contribution in [3.63, 3.8) is 0 Å². The summed E-state index contributed by atoms with van der Waals surface area (Å²) in [6, 6.07) is 10.5. The topological polar surface area (TPSA) is 79.3 Å². The van der Waals surface area contributed by atoms with Crippen LogP contribution in [0, 0.1) is 6.92 Å². The van der Waals surface area contributed by atoms with E-state index in [1.54, 1.807) is 36.5 Å². The van der Waals surface area contributed by atoms with E-state index in [0.29, 0.717) is 11.1 Å². The monoisotopic (exact) mass is 284 g/mol. The molecule has 0 radical (unpaired) electrons. The van der Waals surface area contributed by atoms with E-state index < -0.39 is 11.9 Å². The molecule has 21 heavy (non-hydrogen) atoms. The normalized spacial score (nSPS) is 11.7. The Labute approximate surface area is 122 Å². The maximum absolute atomic E-state index is 12.0. The number of pyridine rings is 1. The van der Waals surface area contributed by atoms with Crippen LogP contribution >= 0.6 is 0 Å². The van der Waals surface area contributed by atoms with E-state index >= 15 is 0 Å². The zero-order chi connectivity index (χ0) is 15.2. The van der Waals surface area contributed by atoms with Crippen molar-refractivity contribution in [3.8, 4) is 0 Å². The van der Waals surface area contributed by atoms with Crippen molar-refractivity contribution in [2.75, 3.05) is 6.54 Å². The Morgan fingerprint density at radius 2 is 1.95 bits per heavy atom. The highest BCUT2D eigenvalue weighted by Crippen LogP contribution is 2.15. The summed E-state index contributed by atoms with van der Waals surface area (Å²) in [6.07, 6.45) is 3.11. The number of aromatic nitrogens is 1. The predicted molar refractivity (Wildman–Crippen MR) is 78.1 cm³/mol. The van der Waals surface area contributed by atoms with Crippen LogP contribution in [-0.4, -0.2) is 28.5 Å². The summed E-state index contributed by atoms with van der Waals surface area (Å²) in [7, 11) is 0. The summed E-state index contributed by atoms with van der Waals surface area (Å²) in [4.78, 5) is 27.3. The highest BCUT2D eigenvalue weighted by Gasteiger charge is 2.20. The van der Waals surface area contributed by atoms with Gasteiger partial charge >= 0.3 is 5.97 Å². The number of carbonyl (C=O) groups excluding carboxylic acids is 1. The first-order valence-corrected chi connectivity index (χ1v) is 6.55. The Kier molecular flexibility index (Phi) is 4.66. The first kappa shape index (κ1) is 14.7. The van der Waals surface area contributed by atoms with Crippen molar-refractivity contribution in [1.82, 2.24) is 10.3 Å². The molecule has 1 unspecified atom stereocenters. The van der Waals surface area contributed by atoms with Crippen molar-refractivity contribution < 1.29 is 14.7 Å². The molecule has 108 valence electrons. The van der Waals surface area contributed by atoms with Crippen molar-refractivity contribution in [3.05, 3.63) is 65.5 Å². The number of nitrogens with one attached hydrogen (secondary N) is 1. The number of aryl methyl sites for hydroxylation is 1. The molecular weight excluding hydrogens is 268 g/mol. The summed E-state index contributed by atoms with van der Waals surface area (Å²) in [6.45, 7) is 1.87. The minimum Gasteiger partial charge on any atom is -0.481 e. The van der Waals surface area contributed by atoms with Gasteiger partial charge in [0.1, 0.15) is 0 Å². The van der Waals surface area contributed by atoms with Crippen LogP contribution in [0.25, 0.3) is 0 Å². The largest absolute Gasteiger partial charge is 0.481 e. The molecule has 0 aliphatic carbocycles. The number of carboxylic acids is 1. The number of hydrogen-bond donors (Lipinski definition) is 2. The Balaban J connectivity index is 2.06. The molecule has 0 aliphatic heterocycles. The van der Waals surface area contributed by atoms with Gasteiger partial charge in [0.25, 0.3) is 5.91 Å². The standard InChI is InChI=1S/C16H16N2O3/c1-11-7-13(9-17-8-11)15(19)18-10-14(16(20)21)12-5-3-2-4-6-12/h2-9,14H,10H2,1H3,(H,18,19)(H,20,21). The Bertz CT molecular complexity index is 641. The van der Waals surface area contributed by atoms with Crippen molar-refractivity contribution in [1.29, 1.82) is 0 Å². The predicted octanol–water partition coefficient (Wildman–Crippen LogP) is 1.99. The maximum Gasteiger partial charge on any atom is 0.312 e. The summed E-state index contributed by atoms with van der Waals surface area (Å²) in [5.74, 6) is -2.06. The van der Waals surface area contributed by atoms with Gasteiger partial charge in [0, 0.05) is 18.9 Å². The molecule has 0 bridgehead atoms. The third-order valence-electron chi connectivity index (χ3n) is 3.10. The fourth-order valence-electron chi connectivity index (χ4n) is 2.01. The van der Waals surface area contributed by atoms with Gasteiger partial charge in [-0.15, -0.1) is 0 Å². The first-order chi connectivity index (χ1) is 10.1. The maximum atomic E-state index is 12.0. The minimum absolute atomic E-state index is 0.0339. The van der Waals surface area contributed by atoms with E-state index in [9.17, 15) is 14.7 Å². The number of rotatable bonds is 5. The SMILES string of the molecule is Cc1cncc(C(=O)NCC(C(=O)O)c2ccccc2)c1. The van der Waals surface area contributed by atoms with Crippen LogP contribution in [0.3, 0.4) is 0 Å². The highest BCUT2D eigenvalue weighted by molar-refractivity contribution is 5.94. The second-order valence-corrected chi connectivity index (χ2v) is 4.76. The van der Waals surface area contributed by atoms with Gasteiger partial charge in [0.2, 0.25) is 0 Å². The quantitative estimate of drug-likeness (QED) is 0.880. The lowest BCUT2D eigenvalue weighted by molar-refractivity contribution is -0.138. The van der Waals surface area contributed by atoms with Crippen LogP contribution in [0.2, 0.25) is 0 Å². The molecule has 2 N–H and O–H groups in total. The van der Waals surface area contributed by atoms with Crippen LogP contribution in [0.5, 0.6) is 0 Å². The molecule has 1 heterocycles. The van der Waals surface area contributed by atoms with Gasteiger partial charge in [-0.3, -0.25) is 14.6 Å². The number of hydrogen-bond acceptors (Lipinski definition) is 3. The van der Waals surface area contributed by atoms with Crippen LogP contribution < -0.4 is 5.32 Å². The fraction of sp³-hybridized carbons (Fsp3) is 0.188. The average Bonchev–Trinajstić information content (AvgIpc) is 2.48. The summed E-state index contributed by atoms with van der Waals surface area (Å²) in [5.41, 5.74) is 1.96. The van der Waals surface area contributed by atoms with Gasteiger partial charge in [0.05, 0.1) is 11.5 Å². The highest BCUT2D eigenvalue weighted by atomic mass is 16.4.